The van der Waals surface area contributed by atoms with Crippen LogP contribution in [0.4, 0.5) is 10.3 Å². The van der Waals surface area contributed by atoms with E-state index in [-0.39, 0.29) is 11.1 Å². The van der Waals surface area contributed by atoms with Crippen molar-refractivity contribution in [3.8, 4) is 6.07 Å². The molecule has 1 aliphatic rings. The number of hydrogen-bond donors (Lipinski definition) is 1. The van der Waals surface area contributed by atoms with Gasteiger partial charge in [-0.25, -0.2) is 14.4 Å². The normalized spacial score (nSPS) is 15.8. The first-order chi connectivity index (χ1) is 15.5. The van der Waals surface area contributed by atoms with E-state index in [0.29, 0.717) is 29.6 Å². The van der Waals surface area contributed by atoms with Gasteiger partial charge in [-0.1, -0.05) is 49.7 Å². The maximum Gasteiger partial charge on any atom is 0.227 e. The molecule has 0 aliphatic carbocycles. The SMILES string of the molecule is CC(C)c1ccc(C2c3[nH]c4cc(F)c(Cl)cc4c3CCN2c2nccc(C#N)n2)cc1. The quantitative estimate of drug-likeness (QED) is 0.426. The van der Waals surface area contributed by atoms with Crippen molar-refractivity contribution in [2.24, 2.45) is 0 Å². The van der Waals surface area contributed by atoms with Gasteiger partial charge in [0.2, 0.25) is 5.95 Å². The predicted octanol–water partition coefficient (Wildman–Crippen LogP) is 5.90. The first-order valence-electron chi connectivity index (χ1n) is 10.6. The van der Waals surface area contributed by atoms with Crippen molar-refractivity contribution in [2.45, 2.75) is 32.2 Å². The van der Waals surface area contributed by atoms with Crippen molar-refractivity contribution in [3.05, 3.63) is 87.6 Å². The van der Waals surface area contributed by atoms with E-state index in [9.17, 15) is 9.65 Å². The number of aromatic amines is 1. The molecule has 0 bridgehead atoms. The van der Waals surface area contributed by atoms with E-state index in [2.05, 4.69) is 64.0 Å². The van der Waals surface area contributed by atoms with Crippen LogP contribution in [0, 0.1) is 17.1 Å². The number of nitrogens with one attached hydrogen (secondary N) is 1. The van der Waals surface area contributed by atoms with E-state index < -0.39 is 5.82 Å². The number of fused-ring (bicyclic) bond motifs is 3. The van der Waals surface area contributed by atoms with Crippen molar-refractivity contribution in [2.75, 3.05) is 11.4 Å². The molecule has 32 heavy (non-hydrogen) atoms. The number of anilines is 1. The molecule has 5 rings (SSSR count). The topological polar surface area (TPSA) is 68.6 Å². The van der Waals surface area contributed by atoms with Crippen LogP contribution in [0.25, 0.3) is 10.9 Å². The number of H-pyrrole nitrogens is 1. The van der Waals surface area contributed by atoms with Crippen LogP contribution in [-0.4, -0.2) is 21.5 Å². The number of benzene rings is 2. The Morgan fingerprint density at radius 1 is 1.22 bits per heavy atom. The Balaban J connectivity index is 1.70. The molecule has 160 valence electrons. The molecule has 1 N–H and O–H groups in total. The smallest absolute Gasteiger partial charge is 0.227 e. The Kier molecular flexibility index (Phi) is 5.07. The van der Waals surface area contributed by atoms with Gasteiger partial charge in [0.05, 0.1) is 11.1 Å². The number of nitrogens with zero attached hydrogens (tertiary/aromatic N) is 4. The summed E-state index contributed by atoms with van der Waals surface area (Å²) in [5.74, 6) is 0.476. The standard InChI is InChI=1S/C25H21ClFN5/c1-14(2)15-3-5-16(6-4-15)24-23-18(19-11-20(26)21(27)12-22(19)31-23)8-10-32(24)25-29-9-7-17(13-28)30-25/h3-7,9,11-12,14,24,31H,8,10H2,1-2H3. The van der Waals surface area contributed by atoms with Crippen LogP contribution in [-0.2, 0) is 6.42 Å². The molecular formula is C25H21ClFN5. The van der Waals surface area contributed by atoms with E-state index in [1.165, 1.54) is 11.6 Å². The third-order valence-electron chi connectivity index (χ3n) is 6.10. The van der Waals surface area contributed by atoms with Crippen LogP contribution in [0.5, 0.6) is 0 Å². The van der Waals surface area contributed by atoms with Gasteiger partial charge in [0.25, 0.3) is 0 Å². The molecule has 0 saturated carbocycles. The number of hydrogen-bond acceptors (Lipinski definition) is 4. The Morgan fingerprint density at radius 3 is 2.72 bits per heavy atom. The lowest BCUT2D eigenvalue weighted by atomic mass is 9.91. The summed E-state index contributed by atoms with van der Waals surface area (Å²) in [5.41, 5.74) is 5.45. The molecule has 0 amide bonds. The zero-order valence-electron chi connectivity index (χ0n) is 17.7. The van der Waals surface area contributed by atoms with Crippen molar-refractivity contribution < 1.29 is 4.39 Å². The zero-order valence-corrected chi connectivity index (χ0v) is 18.5. The average Bonchev–Trinajstić information content (AvgIpc) is 3.16. The molecule has 0 fully saturated rings. The molecule has 4 aromatic rings. The van der Waals surface area contributed by atoms with Gasteiger partial charge >= 0.3 is 0 Å². The molecule has 0 spiro atoms. The van der Waals surface area contributed by atoms with E-state index in [1.807, 2.05) is 0 Å². The largest absolute Gasteiger partial charge is 0.356 e. The third-order valence-corrected chi connectivity index (χ3v) is 6.39. The van der Waals surface area contributed by atoms with Crippen LogP contribution in [0.2, 0.25) is 5.02 Å². The fraction of sp³-hybridized carbons (Fsp3) is 0.240. The first kappa shape index (κ1) is 20.5. The molecule has 1 aliphatic heterocycles. The second-order valence-electron chi connectivity index (χ2n) is 8.35. The highest BCUT2D eigenvalue weighted by Gasteiger charge is 2.33. The van der Waals surface area contributed by atoms with E-state index in [1.54, 1.807) is 18.3 Å². The molecule has 0 radical (unpaired) electrons. The summed E-state index contributed by atoms with van der Waals surface area (Å²) >= 11 is 6.10. The molecule has 1 atom stereocenters. The van der Waals surface area contributed by atoms with Crippen LogP contribution in [0.1, 0.15) is 53.9 Å². The molecule has 5 nitrogen and oxygen atoms in total. The van der Waals surface area contributed by atoms with Gasteiger partial charge in [-0.05, 0) is 47.2 Å². The number of aromatic nitrogens is 3. The van der Waals surface area contributed by atoms with Crippen molar-refractivity contribution in [1.29, 1.82) is 5.26 Å². The van der Waals surface area contributed by atoms with Gasteiger partial charge in [-0.3, -0.25) is 0 Å². The monoisotopic (exact) mass is 445 g/mol. The van der Waals surface area contributed by atoms with Crippen LogP contribution >= 0.6 is 11.6 Å². The molecule has 3 heterocycles. The van der Waals surface area contributed by atoms with Gasteiger partial charge in [0.1, 0.15) is 17.6 Å². The van der Waals surface area contributed by atoms with Crippen LogP contribution in [0.3, 0.4) is 0 Å². The molecule has 2 aromatic heterocycles. The second kappa shape index (κ2) is 7.92. The Morgan fingerprint density at radius 2 is 2.00 bits per heavy atom. The lowest BCUT2D eigenvalue weighted by Gasteiger charge is -2.36. The summed E-state index contributed by atoms with van der Waals surface area (Å²) in [6.07, 6.45) is 2.33. The van der Waals surface area contributed by atoms with E-state index in [4.69, 9.17) is 11.6 Å². The lowest BCUT2D eigenvalue weighted by Crippen LogP contribution is -2.37. The summed E-state index contributed by atoms with van der Waals surface area (Å²) in [6, 6.07) is 15.1. The van der Waals surface area contributed by atoms with Gasteiger partial charge in [0.15, 0.2) is 0 Å². The molecule has 0 saturated heterocycles. The first-order valence-corrected chi connectivity index (χ1v) is 10.9. The fourth-order valence-electron chi connectivity index (χ4n) is 4.46. The number of nitriles is 1. The van der Waals surface area contributed by atoms with Gasteiger partial charge in [0, 0.05) is 29.3 Å². The van der Waals surface area contributed by atoms with Crippen LogP contribution in [0.15, 0.2) is 48.7 Å². The summed E-state index contributed by atoms with van der Waals surface area (Å²) in [5, 5.41) is 10.4. The molecule has 2 aromatic carbocycles. The maximum atomic E-state index is 14.2. The molecule has 1 unspecified atom stereocenters. The minimum absolute atomic E-state index is 0.115. The highest BCUT2D eigenvalue weighted by atomic mass is 35.5. The third kappa shape index (κ3) is 3.39. The van der Waals surface area contributed by atoms with Crippen molar-refractivity contribution in [3.63, 3.8) is 0 Å². The van der Waals surface area contributed by atoms with Gasteiger partial charge in [-0.15, -0.1) is 0 Å². The summed E-state index contributed by atoms with van der Waals surface area (Å²) in [4.78, 5) is 14.4. The summed E-state index contributed by atoms with van der Waals surface area (Å²) < 4.78 is 14.2. The minimum atomic E-state index is -0.447. The number of rotatable bonds is 3. The van der Waals surface area contributed by atoms with Crippen molar-refractivity contribution in [1.82, 2.24) is 15.0 Å². The second-order valence-corrected chi connectivity index (χ2v) is 8.76. The minimum Gasteiger partial charge on any atom is -0.356 e. The molecule has 7 heteroatoms. The molecular weight excluding hydrogens is 425 g/mol. The van der Waals surface area contributed by atoms with Gasteiger partial charge in [-0.2, -0.15) is 5.26 Å². The maximum absolute atomic E-state index is 14.2. The fourth-order valence-corrected chi connectivity index (χ4v) is 4.62. The zero-order chi connectivity index (χ0) is 22.4. The van der Waals surface area contributed by atoms with Gasteiger partial charge < -0.3 is 9.88 Å². The number of halogens is 2. The summed E-state index contributed by atoms with van der Waals surface area (Å²) in [6.45, 7) is 4.98. The Bertz CT molecular complexity index is 1350. The van der Waals surface area contributed by atoms with E-state index >= 15 is 0 Å². The predicted molar refractivity (Wildman–Crippen MR) is 123 cm³/mol. The van der Waals surface area contributed by atoms with Crippen molar-refractivity contribution >= 4 is 28.5 Å². The van der Waals surface area contributed by atoms with Crippen LogP contribution < -0.4 is 4.90 Å². The Hall–Kier alpha value is -3.43. The highest BCUT2D eigenvalue weighted by Crippen LogP contribution is 2.41. The Labute approximate surface area is 190 Å². The summed E-state index contributed by atoms with van der Waals surface area (Å²) in [7, 11) is 0. The van der Waals surface area contributed by atoms with E-state index in [0.717, 1.165) is 28.6 Å². The lowest BCUT2D eigenvalue weighted by molar-refractivity contribution is 0.625. The highest BCUT2D eigenvalue weighted by molar-refractivity contribution is 6.31. The average molecular weight is 446 g/mol.